The molecule has 0 aromatic heterocycles. The second-order valence-electron chi connectivity index (χ2n) is 2.65. The standard InChI is InChI=1S/C10H15/c1-2-4-6-8-10-9-7-5-3-1/h1-4,9H,5-8,10H2. The molecule has 0 aromatic rings. The van der Waals surface area contributed by atoms with Gasteiger partial charge in [0.1, 0.15) is 0 Å². The molecular weight excluding hydrogens is 120 g/mol. The lowest BCUT2D eigenvalue weighted by atomic mass is 10.1. The van der Waals surface area contributed by atoms with Crippen LogP contribution in [0.4, 0.5) is 0 Å². The minimum atomic E-state index is 1.21. The third-order valence-corrected chi connectivity index (χ3v) is 1.70. The molecule has 0 fully saturated rings. The van der Waals surface area contributed by atoms with Gasteiger partial charge in [0.15, 0.2) is 0 Å². The van der Waals surface area contributed by atoms with Crippen LogP contribution in [0.1, 0.15) is 32.1 Å². The maximum Gasteiger partial charge on any atom is -0.0345 e. The Hall–Kier alpha value is -0.520. The Labute approximate surface area is 63.6 Å². The van der Waals surface area contributed by atoms with Crippen molar-refractivity contribution >= 4 is 0 Å². The summed E-state index contributed by atoms with van der Waals surface area (Å²) in [6, 6.07) is 0. The molecule has 0 aliphatic heterocycles. The lowest BCUT2D eigenvalue weighted by Gasteiger charge is -1.97. The van der Waals surface area contributed by atoms with E-state index < -0.39 is 0 Å². The maximum atomic E-state index is 2.39. The number of hydrogen-bond acceptors (Lipinski definition) is 0. The predicted molar refractivity (Wildman–Crippen MR) is 45.7 cm³/mol. The van der Waals surface area contributed by atoms with E-state index in [0.717, 1.165) is 0 Å². The van der Waals surface area contributed by atoms with Gasteiger partial charge in [-0.3, -0.25) is 0 Å². The van der Waals surface area contributed by atoms with Crippen LogP contribution in [0.3, 0.4) is 0 Å². The third-order valence-electron chi connectivity index (χ3n) is 1.70. The maximum absolute atomic E-state index is 2.39. The summed E-state index contributed by atoms with van der Waals surface area (Å²) in [6.07, 6.45) is 17.5. The summed E-state index contributed by atoms with van der Waals surface area (Å²) >= 11 is 0. The highest BCUT2D eigenvalue weighted by atomic mass is 13.9. The first-order chi connectivity index (χ1) is 5.00. The summed E-state index contributed by atoms with van der Waals surface area (Å²) in [6.45, 7) is 0. The van der Waals surface area contributed by atoms with Gasteiger partial charge in [0, 0.05) is 0 Å². The fourth-order valence-corrected chi connectivity index (χ4v) is 1.09. The van der Waals surface area contributed by atoms with Gasteiger partial charge in [-0.15, -0.1) is 0 Å². The summed E-state index contributed by atoms with van der Waals surface area (Å²) < 4.78 is 0. The van der Waals surface area contributed by atoms with E-state index in [-0.39, 0.29) is 0 Å². The Balaban J connectivity index is 2.26. The molecule has 0 N–H and O–H groups in total. The van der Waals surface area contributed by atoms with Crippen LogP contribution >= 0.6 is 0 Å². The van der Waals surface area contributed by atoms with Crippen LogP contribution in [-0.2, 0) is 0 Å². The fourth-order valence-electron chi connectivity index (χ4n) is 1.09. The molecule has 0 spiro atoms. The van der Waals surface area contributed by atoms with Crippen molar-refractivity contribution in [1.82, 2.24) is 0 Å². The molecule has 1 radical (unpaired) electrons. The van der Waals surface area contributed by atoms with E-state index in [1.165, 1.54) is 32.1 Å². The van der Waals surface area contributed by atoms with Crippen molar-refractivity contribution in [2.24, 2.45) is 0 Å². The van der Waals surface area contributed by atoms with E-state index in [0.29, 0.717) is 0 Å². The molecule has 10 heavy (non-hydrogen) atoms. The van der Waals surface area contributed by atoms with E-state index in [4.69, 9.17) is 0 Å². The average Bonchev–Trinajstić information content (AvgIpc) is 2.01. The molecule has 55 valence electrons. The molecule has 1 aliphatic carbocycles. The van der Waals surface area contributed by atoms with E-state index in [9.17, 15) is 0 Å². The number of allylic oxidation sites excluding steroid dienone is 4. The summed E-state index contributed by atoms with van der Waals surface area (Å²) in [4.78, 5) is 0. The lowest BCUT2D eigenvalue weighted by Crippen LogP contribution is -1.79. The van der Waals surface area contributed by atoms with E-state index >= 15 is 0 Å². The highest BCUT2D eigenvalue weighted by Crippen LogP contribution is 2.06. The molecule has 0 nitrogen and oxygen atoms in total. The van der Waals surface area contributed by atoms with Gasteiger partial charge in [0.05, 0.1) is 0 Å². The van der Waals surface area contributed by atoms with Crippen molar-refractivity contribution in [2.75, 3.05) is 0 Å². The van der Waals surface area contributed by atoms with Crippen molar-refractivity contribution in [1.29, 1.82) is 0 Å². The van der Waals surface area contributed by atoms with Crippen LogP contribution in [-0.4, -0.2) is 0 Å². The van der Waals surface area contributed by atoms with Crippen LogP contribution < -0.4 is 0 Å². The van der Waals surface area contributed by atoms with Crippen molar-refractivity contribution in [3.05, 3.63) is 30.7 Å². The molecule has 0 heterocycles. The van der Waals surface area contributed by atoms with Gasteiger partial charge < -0.3 is 0 Å². The van der Waals surface area contributed by atoms with Crippen molar-refractivity contribution in [3.63, 3.8) is 0 Å². The predicted octanol–water partition coefficient (Wildman–Crippen LogP) is 3.27. The lowest BCUT2D eigenvalue weighted by molar-refractivity contribution is 0.776. The molecule has 0 heteroatoms. The van der Waals surface area contributed by atoms with Crippen LogP contribution in [0.15, 0.2) is 24.3 Å². The van der Waals surface area contributed by atoms with Crippen LogP contribution in [0, 0.1) is 6.42 Å². The molecule has 0 atom stereocenters. The number of rotatable bonds is 0. The van der Waals surface area contributed by atoms with Gasteiger partial charge in [0.25, 0.3) is 0 Å². The Morgan fingerprint density at radius 2 is 1.50 bits per heavy atom. The molecule has 1 rings (SSSR count). The number of hydrogen-bond donors (Lipinski definition) is 0. The van der Waals surface area contributed by atoms with Gasteiger partial charge >= 0.3 is 0 Å². The zero-order valence-corrected chi connectivity index (χ0v) is 6.42. The quantitative estimate of drug-likeness (QED) is 0.478. The van der Waals surface area contributed by atoms with Gasteiger partial charge in [0.2, 0.25) is 0 Å². The molecule has 0 saturated carbocycles. The highest BCUT2D eigenvalue weighted by molar-refractivity contribution is 5.03. The summed E-state index contributed by atoms with van der Waals surface area (Å²) in [5, 5.41) is 0. The van der Waals surface area contributed by atoms with Gasteiger partial charge in [-0.25, -0.2) is 0 Å². The first-order valence-corrected chi connectivity index (χ1v) is 4.13. The molecule has 0 amide bonds. The zero-order valence-electron chi connectivity index (χ0n) is 6.42. The molecule has 0 unspecified atom stereocenters. The smallest absolute Gasteiger partial charge is 0.0345 e. The van der Waals surface area contributed by atoms with E-state index in [2.05, 4.69) is 30.7 Å². The fraction of sp³-hybridized carbons (Fsp3) is 0.500. The highest BCUT2D eigenvalue weighted by Gasteiger charge is 1.88. The normalized spacial score (nSPS) is 20.8. The second kappa shape index (κ2) is 5.28. The van der Waals surface area contributed by atoms with E-state index in [1.807, 2.05) is 0 Å². The topological polar surface area (TPSA) is 0 Å². The van der Waals surface area contributed by atoms with Crippen molar-refractivity contribution < 1.29 is 0 Å². The summed E-state index contributed by atoms with van der Waals surface area (Å²) in [5.41, 5.74) is 0. The van der Waals surface area contributed by atoms with E-state index in [1.54, 1.807) is 0 Å². The SMILES string of the molecule is [CH]1CCC=CC=CCCC1. The molecule has 0 bridgehead atoms. The van der Waals surface area contributed by atoms with Gasteiger partial charge in [-0.2, -0.15) is 0 Å². The Morgan fingerprint density at radius 1 is 0.700 bits per heavy atom. The molecular formula is C10H15. The van der Waals surface area contributed by atoms with Crippen LogP contribution in [0.25, 0.3) is 0 Å². The summed E-state index contributed by atoms with van der Waals surface area (Å²) in [7, 11) is 0. The first-order valence-electron chi connectivity index (χ1n) is 4.13. The first kappa shape index (κ1) is 7.59. The monoisotopic (exact) mass is 135 g/mol. The summed E-state index contributed by atoms with van der Waals surface area (Å²) in [5.74, 6) is 0. The molecule has 1 aliphatic rings. The minimum absolute atomic E-state index is 1.21. The molecule has 0 aromatic carbocycles. The van der Waals surface area contributed by atoms with Gasteiger partial charge in [-0.1, -0.05) is 24.3 Å². The minimum Gasteiger partial charge on any atom is -0.0845 e. The Morgan fingerprint density at radius 3 is 2.40 bits per heavy atom. The van der Waals surface area contributed by atoms with Crippen molar-refractivity contribution in [3.8, 4) is 0 Å². The van der Waals surface area contributed by atoms with Crippen molar-refractivity contribution in [2.45, 2.75) is 32.1 Å². The largest absolute Gasteiger partial charge is 0.0845 e. The molecule has 0 saturated heterocycles. The zero-order chi connectivity index (χ0) is 7.07. The third kappa shape index (κ3) is 3.49. The Kier molecular flexibility index (Phi) is 4.00. The second-order valence-corrected chi connectivity index (χ2v) is 2.65. The van der Waals surface area contributed by atoms with Crippen LogP contribution in [0.5, 0.6) is 0 Å². The average molecular weight is 135 g/mol. The Bertz CT molecular complexity index is 104. The van der Waals surface area contributed by atoms with Gasteiger partial charge in [-0.05, 0) is 38.5 Å². The van der Waals surface area contributed by atoms with Crippen LogP contribution in [0.2, 0.25) is 0 Å².